The van der Waals surface area contributed by atoms with E-state index in [-0.39, 0.29) is 0 Å². The number of rotatable bonds is 5. The van der Waals surface area contributed by atoms with E-state index in [9.17, 15) is 5.11 Å². The van der Waals surface area contributed by atoms with Crippen LogP contribution in [0.3, 0.4) is 0 Å². The summed E-state index contributed by atoms with van der Waals surface area (Å²) in [5.74, 6) is 0.639. The first-order valence-corrected chi connectivity index (χ1v) is 9.38. The molecule has 0 aliphatic carbocycles. The summed E-state index contributed by atoms with van der Waals surface area (Å²) in [5, 5.41) is 9.70. The molecule has 1 heterocycles. The van der Waals surface area contributed by atoms with Crippen molar-refractivity contribution in [2.75, 3.05) is 6.54 Å². The number of likely N-dealkylation sites (tertiary alicyclic amines) is 1. The van der Waals surface area contributed by atoms with E-state index in [1.165, 1.54) is 23.1 Å². The molecule has 1 N–H and O–H groups in total. The first kappa shape index (κ1) is 16.9. The molecule has 3 atom stereocenters. The standard InChI is InChI=1S/C24H25NO/c1-18(19-8-4-2-5-9-19)25-17-16-23(25)24(20-10-6-3-7-11-20)21-12-14-22(26)15-13-21/h2-15,18,23-24,26H,16-17H2,1H3/t18-,23+,24?/m0/s1. The van der Waals surface area contributed by atoms with Gasteiger partial charge < -0.3 is 5.11 Å². The number of phenolic OH excluding ortho intramolecular Hbond substituents is 1. The minimum atomic E-state index is 0.316. The van der Waals surface area contributed by atoms with Gasteiger partial charge in [0.2, 0.25) is 0 Å². The smallest absolute Gasteiger partial charge is 0.115 e. The molecule has 0 amide bonds. The Morgan fingerprint density at radius 2 is 1.31 bits per heavy atom. The Labute approximate surface area is 155 Å². The molecule has 4 rings (SSSR count). The summed E-state index contributed by atoms with van der Waals surface area (Å²) in [4.78, 5) is 2.61. The minimum Gasteiger partial charge on any atom is -0.508 e. The van der Waals surface area contributed by atoms with Crippen molar-refractivity contribution in [2.45, 2.75) is 31.3 Å². The zero-order valence-electron chi connectivity index (χ0n) is 15.1. The molecule has 0 saturated carbocycles. The van der Waals surface area contributed by atoms with Gasteiger partial charge in [-0.2, -0.15) is 0 Å². The number of hydrogen-bond acceptors (Lipinski definition) is 2. The Hall–Kier alpha value is -2.58. The highest BCUT2D eigenvalue weighted by molar-refractivity contribution is 5.38. The highest BCUT2D eigenvalue weighted by atomic mass is 16.3. The van der Waals surface area contributed by atoms with Crippen molar-refractivity contribution in [3.63, 3.8) is 0 Å². The van der Waals surface area contributed by atoms with Gasteiger partial charge in [0.25, 0.3) is 0 Å². The van der Waals surface area contributed by atoms with Crippen LogP contribution >= 0.6 is 0 Å². The second kappa shape index (κ2) is 7.35. The summed E-state index contributed by atoms with van der Waals surface area (Å²) in [6.07, 6.45) is 1.19. The Balaban J connectivity index is 1.67. The summed E-state index contributed by atoms with van der Waals surface area (Å²) >= 11 is 0. The first-order valence-electron chi connectivity index (χ1n) is 9.38. The van der Waals surface area contributed by atoms with Crippen LogP contribution in [0.15, 0.2) is 84.9 Å². The molecule has 2 nitrogen and oxygen atoms in total. The molecule has 3 aromatic rings. The number of aromatic hydroxyl groups is 1. The molecule has 0 aromatic heterocycles. The molecule has 1 unspecified atom stereocenters. The molecule has 0 bridgehead atoms. The maximum absolute atomic E-state index is 9.70. The molecule has 2 heteroatoms. The van der Waals surface area contributed by atoms with E-state index < -0.39 is 0 Å². The second-order valence-electron chi connectivity index (χ2n) is 7.16. The molecule has 0 spiro atoms. The summed E-state index contributed by atoms with van der Waals surface area (Å²) in [6.45, 7) is 3.43. The van der Waals surface area contributed by atoms with Crippen LogP contribution < -0.4 is 0 Å². The lowest BCUT2D eigenvalue weighted by molar-refractivity contribution is 0.0376. The van der Waals surface area contributed by atoms with Gasteiger partial charge in [-0.3, -0.25) is 4.90 Å². The van der Waals surface area contributed by atoms with Crippen molar-refractivity contribution in [1.82, 2.24) is 4.90 Å². The fraction of sp³-hybridized carbons (Fsp3) is 0.250. The number of benzene rings is 3. The van der Waals surface area contributed by atoms with Crippen LogP contribution in [0.5, 0.6) is 5.75 Å². The Morgan fingerprint density at radius 3 is 1.85 bits per heavy atom. The summed E-state index contributed by atoms with van der Waals surface area (Å²) in [5.41, 5.74) is 3.98. The van der Waals surface area contributed by atoms with Crippen LogP contribution in [0.2, 0.25) is 0 Å². The Morgan fingerprint density at radius 1 is 0.769 bits per heavy atom. The quantitative estimate of drug-likeness (QED) is 0.674. The van der Waals surface area contributed by atoms with Gasteiger partial charge in [0.15, 0.2) is 0 Å². The number of nitrogens with zero attached hydrogens (tertiary/aromatic N) is 1. The molecule has 132 valence electrons. The van der Waals surface area contributed by atoms with Crippen LogP contribution in [0.1, 0.15) is 42.0 Å². The summed E-state index contributed by atoms with van der Waals surface area (Å²) < 4.78 is 0. The maximum atomic E-state index is 9.70. The Kier molecular flexibility index (Phi) is 4.77. The highest BCUT2D eigenvalue weighted by Gasteiger charge is 2.39. The van der Waals surface area contributed by atoms with E-state index in [1.807, 2.05) is 0 Å². The third kappa shape index (κ3) is 3.25. The fourth-order valence-corrected chi connectivity index (χ4v) is 4.17. The molecule has 3 aromatic carbocycles. The molecule has 26 heavy (non-hydrogen) atoms. The van der Waals surface area contributed by atoms with Gasteiger partial charge in [0.05, 0.1) is 0 Å². The van der Waals surface area contributed by atoms with Gasteiger partial charge in [0, 0.05) is 24.5 Å². The van der Waals surface area contributed by atoms with Gasteiger partial charge >= 0.3 is 0 Å². The Bertz CT molecular complexity index is 829. The average molecular weight is 343 g/mol. The third-order valence-electron chi connectivity index (χ3n) is 5.68. The molecule has 1 fully saturated rings. The van der Waals surface area contributed by atoms with Crippen molar-refractivity contribution in [3.05, 3.63) is 102 Å². The van der Waals surface area contributed by atoms with Gasteiger partial charge in [-0.15, -0.1) is 0 Å². The highest BCUT2D eigenvalue weighted by Crippen LogP contribution is 2.41. The first-order chi connectivity index (χ1) is 12.7. The zero-order chi connectivity index (χ0) is 17.9. The van der Waals surface area contributed by atoms with E-state index in [0.29, 0.717) is 23.8 Å². The van der Waals surface area contributed by atoms with E-state index in [2.05, 4.69) is 84.6 Å². The van der Waals surface area contributed by atoms with Crippen LogP contribution in [-0.4, -0.2) is 22.6 Å². The molecule has 0 radical (unpaired) electrons. The van der Waals surface area contributed by atoms with Gasteiger partial charge in [-0.05, 0) is 42.2 Å². The van der Waals surface area contributed by atoms with E-state index in [4.69, 9.17) is 0 Å². The van der Waals surface area contributed by atoms with E-state index >= 15 is 0 Å². The lowest BCUT2D eigenvalue weighted by Crippen LogP contribution is -2.52. The lowest BCUT2D eigenvalue weighted by atomic mass is 9.78. The minimum absolute atomic E-state index is 0.316. The van der Waals surface area contributed by atoms with Crippen LogP contribution in [0.25, 0.3) is 0 Å². The van der Waals surface area contributed by atoms with Crippen molar-refractivity contribution in [2.24, 2.45) is 0 Å². The topological polar surface area (TPSA) is 23.5 Å². The number of hydrogen-bond donors (Lipinski definition) is 1. The summed E-state index contributed by atoms with van der Waals surface area (Å²) in [7, 11) is 0. The molecule has 1 saturated heterocycles. The number of phenols is 1. The normalized spacial score (nSPS) is 19.5. The van der Waals surface area contributed by atoms with Crippen LogP contribution in [0, 0.1) is 0 Å². The van der Waals surface area contributed by atoms with Crippen molar-refractivity contribution >= 4 is 0 Å². The van der Waals surface area contributed by atoms with Gasteiger partial charge in [0.1, 0.15) is 5.75 Å². The van der Waals surface area contributed by atoms with Crippen molar-refractivity contribution in [1.29, 1.82) is 0 Å². The maximum Gasteiger partial charge on any atom is 0.115 e. The predicted molar refractivity (Wildman–Crippen MR) is 106 cm³/mol. The molecular formula is C24H25NO. The monoisotopic (exact) mass is 343 g/mol. The largest absolute Gasteiger partial charge is 0.508 e. The van der Waals surface area contributed by atoms with Crippen LogP contribution in [-0.2, 0) is 0 Å². The molecule has 1 aliphatic rings. The molecule has 1 aliphatic heterocycles. The van der Waals surface area contributed by atoms with Crippen molar-refractivity contribution < 1.29 is 5.11 Å². The fourth-order valence-electron chi connectivity index (χ4n) is 4.17. The van der Waals surface area contributed by atoms with Crippen LogP contribution in [0.4, 0.5) is 0 Å². The average Bonchev–Trinajstić information content (AvgIpc) is 2.67. The molecular weight excluding hydrogens is 318 g/mol. The van der Waals surface area contributed by atoms with E-state index in [1.54, 1.807) is 12.1 Å². The van der Waals surface area contributed by atoms with Gasteiger partial charge in [-0.25, -0.2) is 0 Å². The zero-order valence-corrected chi connectivity index (χ0v) is 15.1. The second-order valence-corrected chi connectivity index (χ2v) is 7.16. The SMILES string of the molecule is C[C@@H](c1ccccc1)N1CC[C@@H]1C(c1ccccc1)c1ccc(O)cc1. The third-order valence-corrected chi connectivity index (χ3v) is 5.68. The predicted octanol–water partition coefficient (Wildman–Crippen LogP) is 5.36. The van der Waals surface area contributed by atoms with E-state index in [0.717, 1.165) is 6.54 Å². The van der Waals surface area contributed by atoms with Crippen molar-refractivity contribution in [3.8, 4) is 5.75 Å². The van der Waals surface area contributed by atoms with Gasteiger partial charge in [-0.1, -0.05) is 72.8 Å². The summed E-state index contributed by atoms with van der Waals surface area (Å²) in [6, 6.07) is 30.1. The lowest BCUT2D eigenvalue weighted by Gasteiger charge is -2.49.